The van der Waals surface area contributed by atoms with Crippen LogP contribution in [0, 0.1) is 0 Å². The minimum Gasteiger partial charge on any atom is -0.292 e. The molecule has 6 nitrogen and oxygen atoms in total. The van der Waals surface area contributed by atoms with Gasteiger partial charge in [-0.2, -0.15) is 23.3 Å². The zero-order valence-electron chi connectivity index (χ0n) is 8.31. The van der Waals surface area contributed by atoms with Crippen molar-refractivity contribution in [3.63, 3.8) is 0 Å². The first-order valence-corrected chi connectivity index (χ1v) is 4.43. The lowest BCUT2D eigenvalue weighted by Gasteiger charge is -2.09. The van der Waals surface area contributed by atoms with Crippen LogP contribution >= 0.6 is 0 Å². The number of nitrogens with two attached hydrogens (primary N) is 1. The molecule has 0 bridgehead atoms. The van der Waals surface area contributed by atoms with Gasteiger partial charge in [-0.3, -0.25) is 5.43 Å². The smallest absolute Gasteiger partial charge is 0.292 e. The number of hydrazine groups is 1. The third-order valence-electron chi connectivity index (χ3n) is 1.87. The molecule has 0 aliphatic carbocycles. The van der Waals surface area contributed by atoms with Crippen molar-refractivity contribution >= 4 is 5.95 Å². The van der Waals surface area contributed by atoms with Gasteiger partial charge < -0.3 is 0 Å². The Hall–Kier alpha value is -2.16. The fraction of sp³-hybridized carbons (Fsp3) is 0.125. The summed E-state index contributed by atoms with van der Waals surface area (Å²) in [7, 11) is 0. The van der Waals surface area contributed by atoms with Gasteiger partial charge >= 0.3 is 6.18 Å². The largest absolute Gasteiger partial charge is 0.433 e. The Balaban J connectivity index is 2.54. The summed E-state index contributed by atoms with van der Waals surface area (Å²) in [5, 5.41) is 3.78. The first kappa shape index (κ1) is 11.3. The molecule has 0 unspecified atom stereocenters. The zero-order chi connectivity index (χ0) is 12.5. The molecule has 17 heavy (non-hydrogen) atoms. The first-order chi connectivity index (χ1) is 8.00. The van der Waals surface area contributed by atoms with Crippen molar-refractivity contribution in [1.29, 1.82) is 0 Å². The van der Waals surface area contributed by atoms with E-state index < -0.39 is 11.9 Å². The summed E-state index contributed by atoms with van der Waals surface area (Å²) < 4.78 is 38.8. The summed E-state index contributed by atoms with van der Waals surface area (Å²) >= 11 is 0. The highest BCUT2D eigenvalue weighted by atomic mass is 19.4. The molecule has 0 saturated heterocycles. The Morgan fingerprint density at radius 1 is 1.29 bits per heavy atom. The highest BCUT2D eigenvalue weighted by molar-refractivity contribution is 5.34. The molecule has 2 aromatic rings. The maximum Gasteiger partial charge on any atom is 0.433 e. The van der Waals surface area contributed by atoms with E-state index in [1.165, 1.54) is 17.1 Å². The molecule has 90 valence electrons. The summed E-state index contributed by atoms with van der Waals surface area (Å²) in [6, 6.07) is 2.35. The van der Waals surface area contributed by atoms with Gasteiger partial charge in [0.05, 0.1) is 0 Å². The lowest BCUT2D eigenvalue weighted by molar-refractivity contribution is -0.141. The van der Waals surface area contributed by atoms with Gasteiger partial charge in [0.15, 0.2) is 11.5 Å². The van der Waals surface area contributed by atoms with Gasteiger partial charge in [0, 0.05) is 18.5 Å². The number of rotatable bonds is 2. The molecule has 0 spiro atoms. The predicted octanol–water partition coefficient (Wildman–Crippen LogP) is 0.967. The second-order valence-corrected chi connectivity index (χ2v) is 3.03. The Bertz CT molecular complexity index is 506. The normalized spacial score (nSPS) is 11.5. The van der Waals surface area contributed by atoms with Crippen molar-refractivity contribution in [2.45, 2.75) is 6.18 Å². The van der Waals surface area contributed by atoms with Gasteiger partial charge in [0.2, 0.25) is 5.95 Å². The van der Waals surface area contributed by atoms with Crippen LogP contribution in [0.25, 0.3) is 5.82 Å². The topological polar surface area (TPSA) is 81.6 Å². The molecule has 0 radical (unpaired) electrons. The van der Waals surface area contributed by atoms with Crippen LogP contribution in [0.15, 0.2) is 24.5 Å². The molecule has 3 N–H and O–H groups in total. The first-order valence-electron chi connectivity index (χ1n) is 4.43. The Morgan fingerprint density at radius 3 is 2.59 bits per heavy atom. The van der Waals surface area contributed by atoms with E-state index in [0.717, 1.165) is 6.07 Å². The van der Waals surface area contributed by atoms with Crippen LogP contribution in [0.4, 0.5) is 19.1 Å². The molecular formula is C8H7F3N6. The van der Waals surface area contributed by atoms with Gasteiger partial charge in [-0.15, -0.1) is 0 Å². The van der Waals surface area contributed by atoms with E-state index in [-0.39, 0.29) is 11.8 Å². The van der Waals surface area contributed by atoms with Crippen molar-refractivity contribution in [3.05, 3.63) is 30.2 Å². The number of alkyl halides is 3. The number of nitrogens with one attached hydrogen (secondary N) is 1. The van der Waals surface area contributed by atoms with Crippen molar-refractivity contribution in [3.8, 4) is 5.82 Å². The van der Waals surface area contributed by atoms with Crippen LogP contribution in [0.2, 0.25) is 0 Å². The number of nitrogens with zero attached hydrogens (tertiary/aromatic N) is 4. The average molecular weight is 244 g/mol. The number of anilines is 1. The van der Waals surface area contributed by atoms with Gasteiger partial charge in [0.25, 0.3) is 0 Å². The molecule has 0 aliphatic heterocycles. The van der Waals surface area contributed by atoms with E-state index in [0.29, 0.717) is 0 Å². The minimum atomic E-state index is -4.57. The summed E-state index contributed by atoms with van der Waals surface area (Å²) in [5.74, 6) is 4.66. The van der Waals surface area contributed by atoms with Crippen LogP contribution in [0.3, 0.4) is 0 Å². The van der Waals surface area contributed by atoms with E-state index in [9.17, 15) is 13.2 Å². The maximum atomic E-state index is 12.5. The van der Waals surface area contributed by atoms with Crippen molar-refractivity contribution in [1.82, 2.24) is 19.7 Å². The summed E-state index contributed by atoms with van der Waals surface area (Å²) in [6.45, 7) is 0. The monoisotopic (exact) mass is 244 g/mol. The molecule has 0 aromatic carbocycles. The average Bonchev–Trinajstić information content (AvgIpc) is 2.80. The zero-order valence-corrected chi connectivity index (χ0v) is 8.31. The van der Waals surface area contributed by atoms with Crippen LogP contribution in [0.5, 0.6) is 0 Å². The van der Waals surface area contributed by atoms with E-state index in [1.54, 1.807) is 6.07 Å². The Kier molecular flexibility index (Phi) is 2.68. The number of nitrogen functional groups attached to an aromatic ring is 1. The van der Waals surface area contributed by atoms with E-state index in [1.807, 2.05) is 5.43 Å². The van der Waals surface area contributed by atoms with E-state index in [4.69, 9.17) is 5.84 Å². The van der Waals surface area contributed by atoms with Crippen LogP contribution in [-0.4, -0.2) is 19.7 Å². The van der Waals surface area contributed by atoms with Gasteiger partial charge in [0.1, 0.15) is 0 Å². The Labute approximate surface area is 93.3 Å². The molecule has 0 fully saturated rings. The predicted molar refractivity (Wildman–Crippen MR) is 52.0 cm³/mol. The Morgan fingerprint density at radius 2 is 2.06 bits per heavy atom. The summed E-state index contributed by atoms with van der Waals surface area (Å²) in [6.07, 6.45) is -1.69. The van der Waals surface area contributed by atoms with E-state index >= 15 is 0 Å². The highest BCUT2D eigenvalue weighted by Gasteiger charge is 2.33. The quantitative estimate of drug-likeness (QED) is 0.607. The maximum absolute atomic E-state index is 12.5. The molecule has 2 rings (SSSR count). The lowest BCUT2D eigenvalue weighted by Crippen LogP contribution is -2.17. The third-order valence-corrected chi connectivity index (χ3v) is 1.87. The number of halogens is 3. The molecule has 0 atom stereocenters. The van der Waals surface area contributed by atoms with Crippen molar-refractivity contribution < 1.29 is 13.2 Å². The number of hydrogen-bond acceptors (Lipinski definition) is 5. The summed E-state index contributed by atoms with van der Waals surface area (Å²) in [5.41, 5.74) is 0.887. The number of aromatic nitrogens is 4. The molecular weight excluding hydrogens is 237 g/mol. The van der Waals surface area contributed by atoms with E-state index in [2.05, 4.69) is 15.1 Å². The third kappa shape index (κ3) is 2.33. The molecule has 0 aliphatic rings. The standard InChI is InChI=1S/C8H7F3N6/c9-8(10,11)5-4-6(15-7(14-5)16-12)17-3-1-2-13-17/h1-4H,12H2,(H,14,15,16). The summed E-state index contributed by atoms with van der Waals surface area (Å²) in [4.78, 5) is 6.98. The number of hydrogen-bond donors (Lipinski definition) is 2. The van der Waals surface area contributed by atoms with Gasteiger partial charge in [-0.1, -0.05) is 0 Å². The second-order valence-electron chi connectivity index (χ2n) is 3.03. The van der Waals surface area contributed by atoms with Gasteiger partial charge in [-0.05, 0) is 6.07 Å². The molecule has 0 amide bonds. The van der Waals surface area contributed by atoms with Crippen LogP contribution in [-0.2, 0) is 6.18 Å². The van der Waals surface area contributed by atoms with Crippen molar-refractivity contribution in [2.24, 2.45) is 5.84 Å². The molecule has 0 saturated carbocycles. The van der Waals surface area contributed by atoms with Crippen LogP contribution < -0.4 is 11.3 Å². The van der Waals surface area contributed by atoms with Gasteiger partial charge in [-0.25, -0.2) is 15.5 Å². The minimum absolute atomic E-state index is 0.0229. The fourth-order valence-electron chi connectivity index (χ4n) is 1.17. The van der Waals surface area contributed by atoms with Crippen LogP contribution in [0.1, 0.15) is 5.69 Å². The highest BCUT2D eigenvalue weighted by Crippen LogP contribution is 2.28. The molecule has 2 heterocycles. The molecule has 2 aromatic heterocycles. The molecule has 9 heteroatoms. The SMILES string of the molecule is NNc1nc(-n2cccn2)cc(C(F)(F)F)n1. The fourth-order valence-corrected chi connectivity index (χ4v) is 1.17. The lowest BCUT2D eigenvalue weighted by atomic mass is 10.4. The van der Waals surface area contributed by atoms with Crippen molar-refractivity contribution in [2.75, 3.05) is 5.43 Å². The second kappa shape index (κ2) is 4.01.